The molecule has 4 nitrogen and oxygen atoms in total. The molecule has 3 heterocycles. The zero-order chi connectivity index (χ0) is 17.9. The molecule has 1 fully saturated rings. The molecule has 1 aliphatic rings. The molecule has 0 radical (unpaired) electrons. The van der Waals surface area contributed by atoms with Gasteiger partial charge in [0.2, 0.25) is 4.96 Å². The van der Waals surface area contributed by atoms with E-state index in [1.165, 1.54) is 15.9 Å². The van der Waals surface area contributed by atoms with Gasteiger partial charge in [0.05, 0.1) is 4.53 Å². The van der Waals surface area contributed by atoms with Gasteiger partial charge in [0.25, 0.3) is 5.56 Å². The highest BCUT2D eigenvalue weighted by atomic mass is 35.5. The zero-order valence-electron chi connectivity index (χ0n) is 13.8. The van der Waals surface area contributed by atoms with Crippen molar-refractivity contribution < 1.29 is 0 Å². The number of hydrogen-bond acceptors (Lipinski definition) is 5. The molecule has 0 N–H and O–H groups in total. The number of thiazole rings is 1. The summed E-state index contributed by atoms with van der Waals surface area (Å²) in [6, 6.07) is 2.04. The third kappa shape index (κ3) is 2.85. The van der Waals surface area contributed by atoms with Gasteiger partial charge in [-0.1, -0.05) is 48.4 Å². The van der Waals surface area contributed by atoms with Crippen molar-refractivity contribution in [3.8, 4) is 0 Å². The average molecular weight is 412 g/mol. The average Bonchev–Trinajstić information content (AvgIpc) is 2.95. The fourth-order valence-electron chi connectivity index (χ4n) is 3.25. The summed E-state index contributed by atoms with van der Waals surface area (Å²) in [5.74, 6) is 0.992. The van der Waals surface area contributed by atoms with Gasteiger partial charge in [0, 0.05) is 10.8 Å². The summed E-state index contributed by atoms with van der Waals surface area (Å²) in [4.78, 5) is 19.0. The molecular formula is C17H15Cl2N3OS2. The molecule has 1 saturated carbocycles. The maximum Gasteiger partial charge on any atom is 0.291 e. The quantitative estimate of drug-likeness (QED) is 0.650. The first kappa shape index (κ1) is 17.2. The molecule has 25 heavy (non-hydrogen) atoms. The molecule has 8 heteroatoms. The van der Waals surface area contributed by atoms with Crippen LogP contribution in [-0.4, -0.2) is 14.6 Å². The number of allylic oxidation sites excluding steroid dienone is 1. The Morgan fingerprint density at radius 3 is 2.76 bits per heavy atom. The Bertz CT molecular complexity index is 1110. The van der Waals surface area contributed by atoms with Gasteiger partial charge in [-0.05, 0) is 47.4 Å². The first-order valence-electron chi connectivity index (χ1n) is 7.77. The van der Waals surface area contributed by atoms with E-state index in [1.54, 1.807) is 11.3 Å². The van der Waals surface area contributed by atoms with E-state index in [2.05, 4.69) is 23.9 Å². The highest BCUT2D eigenvalue weighted by molar-refractivity contribution is 7.15. The van der Waals surface area contributed by atoms with E-state index < -0.39 is 0 Å². The molecule has 0 aromatic carbocycles. The fraction of sp³-hybridized carbons (Fsp3) is 0.353. The normalized spacial score (nSPS) is 22.5. The molecule has 3 aromatic rings. The van der Waals surface area contributed by atoms with Crippen LogP contribution < -0.4 is 10.1 Å². The van der Waals surface area contributed by atoms with Crippen LogP contribution in [-0.2, 0) is 0 Å². The van der Waals surface area contributed by atoms with Crippen LogP contribution in [0.25, 0.3) is 11.0 Å². The Hall–Kier alpha value is -1.21. The van der Waals surface area contributed by atoms with Crippen molar-refractivity contribution in [1.82, 2.24) is 14.6 Å². The highest BCUT2D eigenvalue weighted by Gasteiger charge is 2.59. The maximum atomic E-state index is 12.6. The summed E-state index contributed by atoms with van der Waals surface area (Å²) >= 11 is 14.6. The number of fused-ring (bicyclic) bond motifs is 1. The second-order valence-electron chi connectivity index (χ2n) is 6.83. The lowest BCUT2D eigenvalue weighted by atomic mass is 10.1. The topological polar surface area (TPSA) is 47.3 Å². The molecule has 0 saturated heterocycles. The first-order valence-corrected chi connectivity index (χ1v) is 10.2. The number of nitrogens with zero attached hydrogens (tertiary/aromatic N) is 3. The van der Waals surface area contributed by atoms with Crippen LogP contribution >= 0.6 is 45.9 Å². The lowest BCUT2D eigenvalue weighted by molar-refractivity contribution is 0.585. The third-order valence-electron chi connectivity index (χ3n) is 4.86. The molecule has 4 rings (SSSR count). The zero-order valence-corrected chi connectivity index (χ0v) is 16.9. The molecule has 0 amide bonds. The summed E-state index contributed by atoms with van der Waals surface area (Å²) in [5.41, 5.74) is 1.03. The van der Waals surface area contributed by atoms with E-state index >= 15 is 0 Å². The van der Waals surface area contributed by atoms with Crippen LogP contribution in [0.15, 0.2) is 26.8 Å². The molecule has 2 atom stereocenters. The van der Waals surface area contributed by atoms with Gasteiger partial charge >= 0.3 is 0 Å². The SMILES string of the molecule is Cc1ccsc1/C=c1/sc2nc(C3C(C=C(Cl)Cl)C3(C)C)nn2c1=O. The van der Waals surface area contributed by atoms with Crippen LogP contribution in [0.2, 0.25) is 0 Å². The summed E-state index contributed by atoms with van der Waals surface area (Å²) < 4.78 is 2.32. The van der Waals surface area contributed by atoms with E-state index in [0.717, 1.165) is 10.4 Å². The number of thiophene rings is 1. The van der Waals surface area contributed by atoms with E-state index in [4.69, 9.17) is 23.2 Å². The summed E-state index contributed by atoms with van der Waals surface area (Å²) in [5, 5.41) is 6.49. The largest absolute Gasteiger partial charge is 0.291 e. The Balaban J connectivity index is 1.75. The van der Waals surface area contributed by atoms with Gasteiger partial charge in [-0.2, -0.15) is 4.52 Å². The number of hydrogen-bond donors (Lipinski definition) is 0. The fourth-order valence-corrected chi connectivity index (χ4v) is 5.35. The van der Waals surface area contributed by atoms with Gasteiger partial charge in [-0.15, -0.1) is 16.4 Å². The lowest BCUT2D eigenvalue weighted by Gasteiger charge is -1.97. The Morgan fingerprint density at radius 2 is 2.16 bits per heavy atom. The van der Waals surface area contributed by atoms with Crippen molar-refractivity contribution in [3.05, 3.63) is 53.2 Å². The van der Waals surface area contributed by atoms with Gasteiger partial charge < -0.3 is 0 Å². The van der Waals surface area contributed by atoms with Gasteiger partial charge in [-0.25, -0.2) is 4.98 Å². The van der Waals surface area contributed by atoms with Crippen LogP contribution in [0.3, 0.4) is 0 Å². The molecule has 0 spiro atoms. The number of aryl methyl sites for hydroxylation is 1. The van der Waals surface area contributed by atoms with E-state index in [9.17, 15) is 4.79 Å². The summed E-state index contributed by atoms with van der Waals surface area (Å²) in [7, 11) is 0. The number of rotatable bonds is 3. The molecule has 3 aromatic heterocycles. The molecule has 0 aliphatic heterocycles. The number of halogens is 2. The highest BCUT2D eigenvalue weighted by Crippen LogP contribution is 2.64. The second-order valence-corrected chi connectivity index (χ2v) is 9.79. The van der Waals surface area contributed by atoms with E-state index in [1.807, 2.05) is 30.5 Å². The molecule has 1 aliphatic carbocycles. The van der Waals surface area contributed by atoms with Gasteiger partial charge in [0.1, 0.15) is 4.49 Å². The predicted molar refractivity (Wildman–Crippen MR) is 105 cm³/mol. The lowest BCUT2D eigenvalue weighted by Crippen LogP contribution is -2.23. The minimum Gasteiger partial charge on any atom is -0.266 e. The third-order valence-corrected chi connectivity index (χ3v) is 7.03. The monoisotopic (exact) mass is 411 g/mol. The van der Waals surface area contributed by atoms with Crippen LogP contribution in [0.5, 0.6) is 0 Å². The predicted octanol–water partition coefficient (Wildman–Crippen LogP) is 4.13. The van der Waals surface area contributed by atoms with Crippen molar-refractivity contribution in [2.45, 2.75) is 26.7 Å². The Morgan fingerprint density at radius 1 is 1.40 bits per heavy atom. The van der Waals surface area contributed by atoms with E-state index in [0.29, 0.717) is 15.3 Å². The van der Waals surface area contributed by atoms with E-state index in [-0.39, 0.29) is 27.3 Å². The van der Waals surface area contributed by atoms with Gasteiger partial charge in [-0.3, -0.25) is 4.79 Å². The van der Waals surface area contributed by atoms with Gasteiger partial charge in [0.15, 0.2) is 5.82 Å². The minimum absolute atomic E-state index is 0.0157. The smallest absolute Gasteiger partial charge is 0.266 e. The standard InChI is InChI=1S/C17H15Cl2N3OS2/c1-8-4-5-24-10(8)7-11-15(23)22-16(25-11)20-14(21-22)13-9(6-12(18)19)17(13,2)3/h4-7,9,13H,1-3H3/b11-7+. The van der Waals surface area contributed by atoms with Crippen LogP contribution in [0, 0.1) is 18.3 Å². The van der Waals surface area contributed by atoms with Crippen molar-refractivity contribution in [3.63, 3.8) is 0 Å². The Labute approximate surface area is 162 Å². The molecule has 0 bridgehead atoms. The number of aromatic nitrogens is 3. The molecule has 2 unspecified atom stereocenters. The molecular weight excluding hydrogens is 397 g/mol. The maximum absolute atomic E-state index is 12.6. The summed E-state index contributed by atoms with van der Waals surface area (Å²) in [6.45, 7) is 6.29. The second kappa shape index (κ2) is 5.91. The minimum atomic E-state index is -0.118. The van der Waals surface area contributed by atoms with Crippen LogP contribution in [0.4, 0.5) is 0 Å². The summed E-state index contributed by atoms with van der Waals surface area (Å²) in [6.07, 6.45) is 3.75. The van der Waals surface area contributed by atoms with Crippen molar-refractivity contribution in [2.24, 2.45) is 11.3 Å². The Kier molecular flexibility index (Phi) is 4.07. The van der Waals surface area contributed by atoms with Crippen molar-refractivity contribution >= 4 is 56.9 Å². The van der Waals surface area contributed by atoms with Crippen molar-refractivity contribution in [2.75, 3.05) is 0 Å². The van der Waals surface area contributed by atoms with Crippen molar-refractivity contribution in [1.29, 1.82) is 0 Å². The first-order chi connectivity index (χ1) is 11.8. The molecule has 130 valence electrons. The van der Waals surface area contributed by atoms with Crippen LogP contribution in [0.1, 0.15) is 36.0 Å².